The van der Waals surface area contributed by atoms with Gasteiger partial charge in [0.05, 0.1) is 18.7 Å². The summed E-state index contributed by atoms with van der Waals surface area (Å²) < 4.78 is 7.52. The predicted octanol–water partition coefficient (Wildman–Crippen LogP) is 0.685. The van der Waals surface area contributed by atoms with Gasteiger partial charge in [-0.3, -0.25) is 4.90 Å². The van der Waals surface area contributed by atoms with Crippen molar-refractivity contribution in [2.24, 2.45) is 0 Å². The second-order valence-corrected chi connectivity index (χ2v) is 6.43. The molecule has 2 aliphatic heterocycles. The Kier molecular flexibility index (Phi) is 3.64. The number of hydrogen-bond acceptors (Lipinski definition) is 6. The first kappa shape index (κ1) is 13.6. The lowest BCUT2D eigenvalue weighted by Crippen LogP contribution is -2.45. The monoisotopic (exact) mass is 293 g/mol. The van der Waals surface area contributed by atoms with E-state index >= 15 is 0 Å². The van der Waals surface area contributed by atoms with Crippen LogP contribution in [0, 0.1) is 0 Å². The largest absolute Gasteiger partial charge is 0.395 e. The molecule has 3 heterocycles. The second-order valence-electron chi connectivity index (χ2n) is 6.43. The lowest BCUT2D eigenvalue weighted by molar-refractivity contribution is 0.000679. The van der Waals surface area contributed by atoms with Gasteiger partial charge in [-0.1, -0.05) is 0 Å². The molecule has 0 amide bonds. The third kappa shape index (κ3) is 2.47. The first-order chi connectivity index (χ1) is 10.4. The normalized spacial score (nSPS) is 31.9. The van der Waals surface area contributed by atoms with E-state index in [-0.39, 0.29) is 18.7 Å². The quantitative estimate of drug-likeness (QED) is 0.880. The molecule has 1 aromatic rings. The lowest BCUT2D eigenvalue weighted by atomic mass is 10.0. The van der Waals surface area contributed by atoms with Crippen LogP contribution in [0.4, 0.5) is 0 Å². The summed E-state index contributed by atoms with van der Waals surface area (Å²) in [4.78, 5) is 2.48. The minimum absolute atomic E-state index is 0.221. The minimum atomic E-state index is 0.221. The maximum absolute atomic E-state index is 9.74. The highest BCUT2D eigenvalue weighted by Crippen LogP contribution is 2.42. The van der Waals surface area contributed by atoms with E-state index in [1.807, 2.05) is 4.68 Å². The van der Waals surface area contributed by atoms with Crippen LogP contribution in [0.5, 0.6) is 0 Å². The summed E-state index contributed by atoms with van der Waals surface area (Å²) in [5.41, 5.74) is 0. The van der Waals surface area contributed by atoms with Crippen LogP contribution < -0.4 is 0 Å². The van der Waals surface area contributed by atoms with Gasteiger partial charge < -0.3 is 9.84 Å². The highest BCUT2D eigenvalue weighted by atomic mass is 16.5. The van der Waals surface area contributed by atoms with Gasteiger partial charge in [-0.2, -0.15) is 0 Å². The minimum Gasteiger partial charge on any atom is -0.395 e. The number of rotatable bonds is 4. The number of nitrogens with zero attached hydrogens (tertiary/aromatic N) is 5. The van der Waals surface area contributed by atoms with Gasteiger partial charge in [0.2, 0.25) is 0 Å². The van der Waals surface area contributed by atoms with Gasteiger partial charge in [0.1, 0.15) is 0 Å². The van der Waals surface area contributed by atoms with E-state index in [0.717, 1.165) is 44.7 Å². The molecule has 0 unspecified atom stereocenters. The Labute approximate surface area is 124 Å². The van der Waals surface area contributed by atoms with Crippen molar-refractivity contribution in [1.82, 2.24) is 25.1 Å². The maximum atomic E-state index is 9.74. The summed E-state index contributed by atoms with van der Waals surface area (Å²) in [6.07, 6.45) is 6.51. The zero-order valence-electron chi connectivity index (χ0n) is 12.3. The first-order valence-corrected chi connectivity index (χ1v) is 8.12. The summed E-state index contributed by atoms with van der Waals surface area (Å²) >= 11 is 0. The Hall–Kier alpha value is -1.05. The molecule has 2 atom stereocenters. The van der Waals surface area contributed by atoms with Gasteiger partial charge in [-0.25, -0.2) is 4.68 Å². The summed E-state index contributed by atoms with van der Waals surface area (Å²) in [5.74, 6) is 1.000. The number of aliphatic hydroxyl groups is 1. The van der Waals surface area contributed by atoms with Crippen LogP contribution in [0.3, 0.4) is 0 Å². The van der Waals surface area contributed by atoms with E-state index in [0.29, 0.717) is 12.1 Å². The molecule has 3 aliphatic rings. The van der Waals surface area contributed by atoms with Crippen molar-refractivity contribution < 1.29 is 9.84 Å². The molecule has 1 saturated carbocycles. The van der Waals surface area contributed by atoms with Crippen molar-refractivity contribution in [3.05, 3.63) is 5.82 Å². The number of aliphatic hydroxyl groups excluding tert-OH is 1. The van der Waals surface area contributed by atoms with E-state index in [1.54, 1.807) is 0 Å². The Bertz CT molecular complexity index is 483. The van der Waals surface area contributed by atoms with Crippen LogP contribution in [0.2, 0.25) is 0 Å². The topological polar surface area (TPSA) is 76.3 Å². The molecule has 0 bridgehead atoms. The summed E-state index contributed by atoms with van der Waals surface area (Å²) in [7, 11) is 0. The average Bonchev–Trinajstić information content (AvgIpc) is 3.11. The van der Waals surface area contributed by atoms with Gasteiger partial charge in [-0.05, 0) is 49.0 Å². The smallest absolute Gasteiger partial charge is 0.168 e. The number of tetrazole rings is 1. The zero-order valence-corrected chi connectivity index (χ0v) is 12.3. The van der Waals surface area contributed by atoms with E-state index in [4.69, 9.17) is 4.74 Å². The van der Waals surface area contributed by atoms with Crippen LogP contribution in [0.15, 0.2) is 0 Å². The third-order valence-electron chi connectivity index (χ3n) is 5.09. The molecule has 0 radical (unpaired) electrons. The van der Waals surface area contributed by atoms with E-state index in [2.05, 4.69) is 20.4 Å². The third-order valence-corrected chi connectivity index (χ3v) is 5.09. The predicted molar refractivity (Wildman–Crippen MR) is 74.6 cm³/mol. The van der Waals surface area contributed by atoms with Crippen molar-refractivity contribution in [2.75, 3.05) is 19.8 Å². The van der Waals surface area contributed by atoms with Gasteiger partial charge in [0, 0.05) is 25.3 Å². The summed E-state index contributed by atoms with van der Waals surface area (Å²) in [5, 5.41) is 22.2. The van der Waals surface area contributed by atoms with Crippen LogP contribution >= 0.6 is 0 Å². The Morgan fingerprint density at radius 3 is 2.57 bits per heavy atom. The average molecular weight is 293 g/mol. The Morgan fingerprint density at radius 1 is 1.05 bits per heavy atom. The van der Waals surface area contributed by atoms with Crippen LogP contribution in [0.25, 0.3) is 0 Å². The van der Waals surface area contributed by atoms with Crippen LogP contribution in [0.1, 0.15) is 56.4 Å². The van der Waals surface area contributed by atoms with Crippen molar-refractivity contribution in [2.45, 2.75) is 62.7 Å². The van der Waals surface area contributed by atoms with Gasteiger partial charge >= 0.3 is 0 Å². The van der Waals surface area contributed by atoms with E-state index in [1.165, 1.54) is 12.8 Å². The lowest BCUT2D eigenvalue weighted by Gasteiger charge is -2.38. The Morgan fingerprint density at radius 2 is 1.86 bits per heavy atom. The molecule has 0 aromatic carbocycles. The molecule has 1 aliphatic carbocycles. The van der Waals surface area contributed by atoms with Crippen molar-refractivity contribution in [3.8, 4) is 0 Å². The van der Waals surface area contributed by atoms with Crippen molar-refractivity contribution in [3.63, 3.8) is 0 Å². The summed E-state index contributed by atoms with van der Waals surface area (Å²) in [6, 6.07) is 1.47. The molecule has 1 aromatic heterocycles. The molecule has 3 fully saturated rings. The van der Waals surface area contributed by atoms with Crippen molar-refractivity contribution in [1.29, 1.82) is 0 Å². The van der Waals surface area contributed by atoms with Gasteiger partial charge in [0.15, 0.2) is 5.82 Å². The fourth-order valence-electron chi connectivity index (χ4n) is 3.89. The van der Waals surface area contributed by atoms with Crippen molar-refractivity contribution >= 4 is 0 Å². The maximum Gasteiger partial charge on any atom is 0.168 e. The number of hydrogen-bond donors (Lipinski definition) is 1. The number of ether oxygens (including phenoxy) is 1. The summed E-state index contributed by atoms with van der Waals surface area (Å²) in [6.45, 7) is 1.86. The molecule has 2 saturated heterocycles. The fourth-order valence-corrected chi connectivity index (χ4v) is 3.89. The second kappa shape index (κ2) is 5.62. The van der Waals surface area contributed by atoms with E-state index in [9.17, 15) is 5.11 Å². The molecule has 1 N–H and O–H groups in total. The zero-order chi connectivity index (χ0) is 14.2. The number of likely N-dealkylation sites (tertiary alicyclic amines) is 1. The first-order valence-electron chi connectivity index (χ1n) is 8.12. The molecular formula is C14H23N5O2. The highest BCUT2D eigenvalue weighted by molar-refractivity contribution is 5.04. The fraction of sp³-hybridized carbons (Fsp3) is 0.929. The highest BCUT2D eigenvalue weighted by Gasteiger charge is 2.42. The molecule has 0 spiro atoms. The molecule has 7 nitrogen and oxygen atoms in total. The molecule has 7 heteroatoms. The van der Waals surface area contributed by atoms with Gasteiger partial charge in [0.25, 0.3) is 0 Å². The number of aromatic nitrogens is 4. The molecule has 116 valence electrons. The van der Waals surface area contributed by atoms with E-state index < -0.39 is 0 Å². The van der Waals surface area contributed by atoms with Crippen LogP contribution in [-0.2, 0) is 4.74 Å². The standard InChI is InChI=1S/C14H23N5O2/c20-9-12-3-4-13(18(12)10-5-7-21-8-6-10)14-15-16-17-19(14)11-1-2-11/h10-13,20H,1-9H2/t12-,13+/m0/s1. The molecular weight excluding hydrogens is 270 g/mol. The molecule has 21 heavy (non-hydrogen) atoms. The van der Waals surface area contributed by atoms with Gasteiger partial charge in [-0.15, -0.1) is 5.10 Å². The van der Waals surface area contributed by atoms with Crippen LogP contribution in [-0.4, -0.2) is 62.1 Å². The Balaban J connectivity index is 1.61. The SMILES string of the molecule is OC[C@@H]1CC[C@H](c2nnnn2C2CC2)N1C1CCOCC1. The molecule has 4 rings (SSSR count).